The Labute approximate surface area is 113 Å². The molecule has 0 radical (unpaired) electrons. The molecule has 0 aliphatic rings. The van der Waals surface area contributed by atoms with Gasteiger partial charge in [0.1, 0.15) is 0 Å². The molecule has 1 atom stereocenters. The number of rotatable bonds is 7. The summed E-state index contributed by atoms with van der Waals surface area (Å²) in [5, 5.41) is 11.1. The van der Waals surface area contributed by atoms with Crippen LogP contribution in [0.3, 0.4) is 0 Å². The number of carbonyl (C=O) groups is 2. The van der Waals surface area contributed by atoms with Gasteiger partial charge in [-0.3, -0.25) is 9.59 Å². The Morgan fingerprint density at radius 3 is 2.21 bits per heavy atom. The third-order valence-electron chi connectivity index (χ3n) is 2.05. The lowest BCUT2D eigenvalue weighted by atomic mass is 10.1. The molecule has 0 aliphatic carbocycles. The number of carbonyl (C=O) groups excluding carboxylic acids is 1. The van der Waals surface area contributed by atoms with Gasteiger partial charge in [0.2, 0.25) is 15.9 Å². The third-order valence-corrected chi connectivity index (χ3v) is 3.59. The van der Waals surface area contributed by atoms with Crippen LogP contribution in [-0.2, 0) is 19.6 Å². The fourth-order valence-electron chi connectivity index (χ4n) is 1.27. The Kier molecular flexibility index (Phi) is 6.44. The minimum atomic E-state index is -3.65. The number of nitrogens with one attached hydrogen (secondary N) is 2. The number of carboxylic acids is 1. The largest absolute Gasteiger partial charge is 0.481 e. The van der Waals surface area contributed by atoms with Gasteiger partial charge < -0.3 is 10.4 Å². The second-order valence-corrected chi connectivity index (χ2v) is 7.27. The zero-order chi connectivity index (χ0) is 15.3. The summed E-state index contributed by atoms with van der Waals surface area (Å²) in [6.07, 6.45) is -0.207. The number of hydrogen-bond acceptors (Lipinski definition) is 4. The molecule has 0 aliphatic heterocycles. The van der Waals surface area contributed by atoms with E-state index in [4.69, 9.17) is 5.11 Å². The van der Waals surface area contributed by atoms with Crippen LogP contribution in [0.1, 0.15) is 40.5 Å². The Bertz CT molecular complexity index is 425. The molecule has 0 rings (SSSR count). The van der Waals surface area contributed by atoms with Gasteiger partial charge in [0.25, 0.3) is 0 Å². The normalized spacial score (nSPS) is 13.9. The number of aliphatic carboxylic acids is 1. The number of hydrogen-bond donors (Lipinski definition) is 3. The standard InChI is InChI=1S/C11H22N2O5S/c1-8(10(16)12-11(2,3)4)13-19(17,18)7-5-6-9(14)15/h8,13H,5-7H2,1-4H3,(H,12,16)(H,14,15). The van der Waals surface area contributed by atoms with Crippen LogP contribution in [0.15, 0.2) is 0 Å². The van der Waals surface area contributed by atoms with E-state index >= 15 is 0 Å². The molecule has 1 unspecified atom stereocenters. The van der Waals surface area contributed by atoms with Crippen molar-refractivity contribution in [3.63, 3.8) is 0 Å². The first-order chi connectivity index (χ1) is 8.43. The molecule has 8 heteroatoms. The first-order valence-electron chi connectivity index (χ1n) is 5.97. The van der Waals surface area contributed by atoms with Crippen LogP contribution in [0.4, 0.5) is 0 Å². The Hall–Kier alpha value is -1.15. The van der Waals surface area contributed by atoms with Crippen molar-refractivity contribution in [1.82, 2.24) is 10.0 Å². The molecule has 0 aromatic heterocycles. The summed E-state index contributed by atoms with van der Waals surface area (Å²) in [7, 11) is -3.65. The average Bonchev–Trinajstić information content (AvgIpc) is 2.12. The van der Waals surface area contributed by atoms with E-state index in [1.807, 2.05) is 0 Å². The Balaban J connectivity index is 4.34. The maximum atomic E-state index is 11.7. The van der Waals surface area contributed by atoms with Gasteiger partial charge in [-0.15, -0.1) is 0 Å². The minimum absolute atomic E-state index is 0.0122. The van der Waals surface area contributed by atoms with E-state index in [2.05, 4.69) is 10.0 Å². The smallest absolute Gasteiger partial charge is 0.303 e. The summed E-state index contributed by atoms with van der Waals surface area (Å²) in [5.41, 5.74) is -0.444. The summed E-state index contributed by atoms with van der Waals surface area (Å²) in [6.45, 7) is 6.81. The molecule has 112 valence electrons. The van der Waals surface area contributed by atoms with E-state index in [1.165, 1.54) is 6.92 Å². The molecule has 0 saturated carbocycles. The van der Waals surface area contributed by atoms with Crippen molar-refractivity contribution in [2.45, 2.75) is 52.1 Å². The van der Waals surface area contributed by atoms with Gasteiger partial charge in [-0.2, -0.15) is 0 Å². The summed E-state index contributed by atoms with van der Waals surface area (Å²) in [6, 6.07) is -0.894. The van der Waals surface area contributed by atoms with Crippen molar-refractivity contribution in [3.8, 4) is 0 Å². The zero-order valence-electron chi connectivity index (χ0n) is 11.7. The highest BCUT2D eigenvalue weighted by Crippen LogP contribution is 2.01. The highest BCUT2D eigenvalue weighted by molar-refractivity contribution is 7.89. The molecular formula is C11H22N2O5S. The topological polar surface area (TPSA) is 113 Å². The average molecular weight is 294 g/mol. The van der Waals surface area contributed by atoms with E-state index in [-0.39, 0.29) is 18.6 Å². The second kappa shape index (κ2) is 6.85. The highest BCUT2D eigenvalue weighted by atomic mass is 32.2. The molecule has 3 N–H and O–H groups in total. The van der Waals surface area contributed by atoms with E-state index < -0.39 is 33.5 Å². The maximum absolute atomic E-state index is 11.7. The van der Waals surface area contributed by atoms with Crippen LogP contribution in [-0.4, -0.2) is 42.7 Å². The lowest BCUT2D eigenvalue weighted by Gasteiger charge is -2.23. The van der Waals surface area contributed by atoms with E-state index in [1.54, 1.807) is 20.8 Å². The molecular weight excluding hydrogens is 272 g/mol. The van der Waals surface area contributed by atoms with Gasteiger partial charge in [-0.25, -0.2) is 13.1 Å². The zero-order valence-corrected chi connectivity index (χ0v) is 12.5. The van der Waals surface area contributed by atoms with E-state index in [9.17, 15) is 18.0 Å². The van der Waals surface area contributed by atoms with Crippen molar-refractivity contribution in [1.29, 1.82) is 0 Å². The molecule has 0 aromatic carbocycles. The van der Waals surface area contributed by atoms with Crippen molar-refractivity contribution >= 4 is 21.9 Å². The molecule has 0 bridgehead atoms. The lowest BCUT2D eigenvalue weighted by Crippen LogP contribution is -2.51. The summed E-state index contributed by atoms with van der Waals surface area (Å²) < 4.78 is 25.4. The molecule has 0 aromatic rings. The van der Waals surface area contributed by atoms with Gasteiger partial charge in [-0.05, 0) is 34.1 Å². The first-order valence-corrected chi connectivity index (χ1v) is 7.62. The maximum Gasteiger partial charge on any atom is 0.303 e. The van der Waals surface area contributed by atoms with Crippen LogP contribution in [0.2, 0.25) is 0 Å². The van der Waals surface area contributed by atoms with Gasteiger partial charge in [0, 0.05) is 12.0 Å². The fourth-order valence-corrected chi connectivity index (χ4v) is 2.56. The van der Waals surface area contributed by atoms with Crippen LogP contribution in [0, 0.1) is 0 Å². The van der Waals surface area contributed by atoms with Crippen LogP contribution < -0.4 is 10.0 Å². The van der Waals surface area contributed by atoms with Gasteiger partial charge in [0.05, 0.1) is 11.8 Å². The number of carboxylic acid groups (broad SMARTS) is 1. The predicted molar refractivity (Wildman–Crippen MR) is 71.2 cm³/mol. The van der Waals surface area contributed by atoms with E-state index in [0.29, 0.717) is 0 Å². The van der Waals surface area contributed by atoms with Crippen LogP contribution >= 0.6 is 0 Å². The monoisotopic (exact) mass is 294 g/mol. The lowest BCUT2D eigenvalue weighted by molar-refractivity contribution is -0.137. The van der Waals surface area contributed by atoms with Gasteiger partial charge >= 0.3 is 5.97 Å². The molecule has 0 fully saturated rings. The Morgan fingerprint density at radius 2 is 1.79 bits per heavy atom. The fraction of sp³-hybridized carbons (Fsp3) is 0.818. The van der Waals surface area contributed by atoms with Crippen LogP contribution in [0.5, 0.6) is 0 Å². The van der Waals surface area contributed by atoms with Gasteiger partial charge in [-0.1, -0.05) is 0 Å². The van der Waals surface area contributed by atoms with Crippen molar-refractivity contribution in [2.24, 2.45) is 0 Å². The SMILES string of the molecule is CC(NS(=O)(=O)CCCC(=O)O)C(=O)NC(C)(C)C. The summed E-state index contributed by atoms with van der Waals surface area (Å²) in [5.74, 6) is -1.78. The van der Waals surface area contributed by atoms with Crippen molar-refractivity contribution < 1.29 is 23.1 Å². The van der Waals surface area contributed by atoms with Crippen LogP contribution in [0.25, 0.3) is 0 Å². The molecule has 19 heavy (non-hydrogen) atoms. The summed E-state index contributed by atoms with van der Waals surface area (Å²) in [4.78, 5) is 22.0. The number of sulfonamides is 1. The predicted octanol–water partition coefficient (Wildman–Crippen LogP) is 0.0738. The molecule has 1 amide bonds. The van der Waals surface area contributed by atoms with Gasteiger partial charge in [0.15, 0.2) is 0 Å². The molecule has 0 spiro atoms. The molecule has 0 saturated heterocycles. The molecule has 7 nitrogen and oxygen atoms in total. The molecule has 0 heterocycles. The number of amides is 1. The van der Waals surface area contributed by atoms with Crippen molar-refractivity contribution in [3.05, 3.63) is 0 Å². The third kappa shape index (κ3) is 9.43. The Morgan fingerprint density at radius 1 is 1.26 bits per heavy atom. The summed E-state index contributed by atoms with van der Waals surface area (Å²) >= 11 is 0. The second-order valence-electron chi connectivity index (χ2n) is 5.39. The van der Waals surface area contributed by atoms with Crippen molar-refractivity contribution in [2.75, 3.05) is 5.75 Å². The quantitative estimate of drug-likeness (QED) is 0.615. The van der Waals surface area contributed by atoms with E-state index in [0.717, 1.165) is 0 Å². The minimum Gasteiger partial charge on any atom is -0.481 e. The highest BCUT2D eigenvalue weighted by Gasteiger charge is 2.23. The first kappa shape index (κ1) is 17.8.